The van der Waals surface area contributed by atoms with Crippen LogP contribution in [0.5, 0.6) is 5.75 Å². The number of benzene rings is 2. The van der Waals surface area contributed by atoms with Crippen molar-refractivity contribution >= 4 is 16.6 Å². The fraction of sp³-hybridized carbons (Fsp3) is 0.304. The highest BCUT2D eigenvalue weighted by molar-refractivity contribution is 5.91. The van der Waals surface area contributed by atoms with Gasteiger partial charge in [0.05, 0.1) is 11.6 Å². The molecule has 11 heteroatoms. The summed E-state index contributed by atoms with van der Waals surface area (Å²) in [6, 6.07) is 4.46. The number of hydrogen-bond acceptors (Lipinski definition) is 5. The second-order valence-electron chi connectivity index (χ2n) is 8.21. The van der Waals surface area contributed by atoms with E-state index in [2.05, 4.69) is 10.3 Å². The van der Waals surface area contributed by atoms with E-state index in [0.29, 0.717) is 6.07 Å². The number of hydrogen-bond donors (Lipinski definition) is 4. The number of aromatic amines is 1. The zero-order chi connectivity index (χ0) is 25.0. The van der Waals surface area contributed by atoms with E-state index in [1.165, 1.54) is 19.1 Å². The molecule has 178 valence electrons. The number of aliphatic hydroxyl groups is 1. The number of aromatic nitrogens is 1. The van der Waals surface area contributed by atoms with Gasteiger partial charge in [-0.15, -0.1) is 0 Å². The highest BCUT2D eigenvalue weighted by Gasteiger charge is 2.62. The minimum atomic E-state index is -5.18. The number of phenols is 1. The molecule has 3 atom stereocenters. The number of nitrogens with one attached hydrogen (secondary N) is 2. The first kappa shape index (κ1) is 23.5. The van der Waals surface area contributed by atoms with Gasteiger partial charge in [-0.3, -0.25) is 4.79 Å². The maximum absolute atomic E-state index is 14.6. The van der Waals surface area contributed by atoms with E-state index in [9.17, 15) is 42.2 Å². The summed E-state index contributed by atoms with van der Waals surface area (Å²) in [7, 11) is 0. The first-order chi connectivity index (χ1) is 15.9. The Morgan fingerprint density at radius 1 is 1.24 bits per heavy atom. The molecule has 0 saturated heterocycles. The summed E-state index contributed by atoms with van der Waals surface area (Å²) in [6.45, 7) is 1.54. The lowest BCUT2D eigenvalue weighted by atomic mass is 9.68. The van der Waals surface area contributed by atoms with Crippen LogP contribution in [0.1, 0.15) is 48.4 Å². The van der Waals surface area contributed by atoms with Gasteiger partial charge in [0.15, 0.2) is 5.60 Å². The highest BCUT2D eigenvalue weighted by Crippen LogP contribution is 2.55. The van der Waals surface area contributed by atoms with Crippen molar-refractivity contribution in [3.05, 3.63) is 69.0 Å². The third-order valence-electron chi connectivity index (χ3n) is 6.32. The standard InChI is InChI=1S/C23H18F5N3O3/c1-2-10-8-22(34,23(26,27)28)21(12-7-15(25)13(9-29)20(33)18(10)12)30-16-5-4-14(24)19-11(16)3-6-17(32)31-19/h3-7,10,21,30,33-34H,2,8H2,1H3,(H,31,32). The van der Waals surface area contributed by atoms with Crippen molar-refractivity contribution in [3.8, 4) is 11.8 Å². The van der Waals surface area contributed by atoms with Gasteiger partial charge in [0.25, 0.3) is 0 Å². The molecule has 1 aromatic heterocycles. The summed E-state index contributed by atoms with van der Waals surface area (Å²) >= 11 is 0. The third-order valence-corrected chi connectivity index (χ3v) is 6.32. The van der Waals surface area contributed by atoms with E-state index in [4.69, 9.17) is 0 Å². The minimum Gasteiger partial charge on any atom is -0.506 e. The van der Waals surface area contributed by atoms with Gasteiger partial charge in [0, 0.05) is 22.7 Å². The Bertz CT molecular complexity index is 1400. The average molecular weight is 479 g/mol. The number of nitriles is 1. The zero-order valence-corrected chi connectivity index (χ0v) is 17.6. The van der Waals surface area contributed by atoms with Gasteiger partial charge in [-0.1, -0.05) is 6.92 Å². The fourth-order valence-corrected chi connectivity index (χ4v) is 4.62. The zero-order valence-electron chi connectivity index (χ0n) is 17.6. The highest BCUT2D eigenvalue weighted by atomic mass is 19.4. The van der Waals surface area contributed by atoms with Crippen molar-refractivity contribution in [2.24, 2.45) is 0 Å². The van der Waals surface area contributed by atoms with E-state index in [0.717, 1.165) is 18.2 Å². The van der Waals surface area contributed by atoms with Crippen LogP contribution in [0.25, 0.3) is 10.9 Å². The molecule has 0 amide bonds. The van der Waals surface area contributed by atoms with Crippen molar-refractivity contribution in [3.63, 3.8) is 0 Å². The number of halogens is 5. The van der Waals surface area contributed by atoms with Crippen LogP contribution in [-0.4, -0.2) is 27.0 Å². The van der Waals surface area contributed by atoms with Crippen molar-refractivity contribution in [1.29, 1.82) is 5.26 Å². The molecule has 1 aliphatic rings. The van der Waals surface area contributed by atoms with E-state index in [1.54, 1.807) is 0 Å². The number of fused-ring (bicyclic) bond motifs is 2. The van der Waals surface area contributed by atoms with E-state index < -0.39 is 58.7 Å². The summed E-state index contributed by atoms with van der Waals surface area (Å²) in [5.74, 6) is -3.90. The van der Waals surface area contributed by atoms with Crippen LogP contribution < -0.4 is 10.9 Å². The Morgan fingerprint density at radius 2 is 1.94 bits per heavy atom. The summed E-state index contributed by atoms with van der Waals surface area (Å²) < 4.78 is 71.6. The second-order valence-corrected chi connectivity index (χ2v) is 8.21. The number of alkyl halides is 3. The molecule has 0 aliphatic heterocycles. The van der Waals surface area contributed by atoms with Crippen molar-refractivity contribution in [1.82, 2.24) is 4.98 Å². The van der Waals surface area contributed by atoms with Gasteiger partial charge in [-0.05, 0) is 48.6 Å². The van der Waals surface area contributed by atoms with Crippen molar-refractivity contribution < 1.29 is 32.2 Å². The van der Waals surface area contributed by atoms with Gasteiger partial charge in [-0.25, -0.2) is 8.78 Å². The number of pyridine rings is 1. The molecule has 0 fully saturated rings. The molecule has 1 aliphatic carbocycles. The number of anilines is 1. The maximum Gasteiger partial charge on any atom is 0.419 e. The summed E-state index contributed by atoms with van der Waals surface area (Å²) in [6.07, 6.45) is -6.00. The number of rotatable bonds is 3. The number of nitrogens with zero attached hydrogens (tertiary/aromatic N) is 1. The van der Waals surface area contributed by atoms with E-state index in [1.807, 2.05) is 0 Å². The number of aromatic hydroxyl groups is 1. The van der Waals surface area contributed by atoms with Gasteiger partial charge in [-0.2, -0.15) is 18.4 Å². The molecule has 2 aromatic carbocycles. The molecule has 0 saturated carbocycles. The SMILES string of the molecule is CCC1CC(O)(C(F)(F)F)C(Nc2ccc(F)c3[nH]c(=O)ccc23)c2cc(F)c(C#N)c(O)c21. The summed E-state index contributed by atoms with van der Waals surface area (Å²) in [4.78, 5) is 13.9. The quantitative estimate of drug-likeness (QED) is 0.406. The predicted molar refractivity (Wildman–Crippen MR) is 112 cm³/mol. The summed E-state index contributed by atoms with van der Waals surface area (Å²) in [5.41, 5.74) is -5.56. The fourth-order valence-electron chi connectivity index (χ4n) is 4.62. The van der Waals surface area contributed by atoms with E-state index in [-0.39, 0.29) is 34.1 Å². The lowest BCUT2D eigenvalue weighted by molar-refractivity contribution is -0.272. The molecule has 34 heavy (non-hydrogen) atoms. The molecule has 6 nitrogen and oxygen atoms in total. The van der Waals surface area contributed by atoms with Crippen molar-refractivity contribution in [2.45, 2.75) is 43.5 Å². The summed E-state index contributed by atoms with van der Waals surface area (Å²) in [5, 5.41) is 33.3. The normalized spacial score (nSPS) is 22.3. The topological polar surface area (TPSA) is 109 Å². The van der Waals surface area contributed by atoms with Crippen LogP contribution in [0.15, 0.2) is 35.1 Å². The smallest absolute Gasteiger partial charge is 0.419 e. The van der Waals surface area contributed by atoms with Gasteiger partial charge in [0.1, 0.15) is 29.0 Å². The Hall–Kier alpha value is -3.65. The molecule has 4 rings (SSSR count). The largest absolute Gasteiger partial charge is 0.506 e. The van der Waals surface area contributed by atoms with Crippen LogP contribution >= 0.6 is 0 Å². The van der Waals surface area contributed by atoms with Crippen LogP contribution in [0.2, 0.25) is 0 Å². The Balaban J connectivity index is 2.00. The molecule has 1 heterocycles. The first-order valence-corrected chi connectivity index (χ1v) is 10.3. The molecule has 4 N–H and O–H groups in total. The lowest BCUT2D eigenvalue weighted by Gasteiger charge is -2.46. The van der Waals surface area contributed by atoms with Gasteiger partial charge in [0.2, 0.25) is 5.56 Å². The monoisotopic (exact) mass is 479 g/mol. The van der Waals surface area contributed by atoms with Crippen LogP contribution in [0.4, 0.5) is 27.6 Å². The Morgan fingerprint density at radius 3 is 2.56 bits per heavy atom. The first-order valence-electron chi connectivity index (χ1n) is 10.3. The Labute approximate surface area is 189 Å². The Kier molecular flexibility index (Phi) is 5.52. The number of H-pyrrole nitrogens is 1. The molecular formula is C23H18F5N3O3. The van der Waals surface area contributed by atoms with Gasteiger partial charge >= 0.3 is 6.18 Å². The van der Waals surface area contributed by atoms with E-state index >= 15 is 0 Å². The number of phenolic OH excluding ortho intramolecular Hbond substituents is 1. The van der Waals surface area contributed by atoms with Crippen LogP contribution in [-0.2, 0) is 0 Å². The molecule has 0 bridgehead atoms. The average Bonchev–Trinajstić information content (AvgIpc) is 2.76. The van der Waals surface area contributed by atoms with Gasteiger partial charge < -0.3 is 20.5 Å². The second kappa shape index (κ2) is 7.99. The molecule has 3 aromatic rings. The molecule has 0 radical (unpaired) electrons. The van der Waals surface area contributed by atoms with Crippen LogP contribution in [0.3, 0.4) is 0 Å². The minimum absolute atomic E-state index is 0.0154. The molecule has 0 spiro atoms. The van der Waals surface area contributed by atoms with Crippen LogP contribution in [0, 0.1) is 23.0 Å². The lowest BCUT2D eigenvalue weighted by Crippen LogP contribution is -2.55. The molecule has 3 unspecified atom stereocenters. The predicted octanol–water partition coefficient (Wildman–Crippen LogP) is 4.73. The maximum atomic E-state index is 14.6. The molecular weight excluding hydrogens is 461 g/mol. The van der Waals surface area contributed by atoms with Crippen molar-refractivity contribution in [2.75, 3.05) is 5.32 Å². The third kappa shape index (κ3) is 3.45.